The highest BCUT2D eigenvalue weighted by Crippen LogP contribution is 2.28. The van der Waals surface area contributed by atoms with Gasteiger partial charge in [-0.25, -0.2) is 19.9 Å². The Labute approximate surface area is 123 Å². The summed E-state index contributed by atoms with van der Waals surface area (Å²) in [4.78, 5) is 16.9. The molecule has 0 saturated carbocycles. The molecule has 0 bridgehead atoms. The lowest BCUT2D eigenvalue weighted by molar-refractivity contribution is 0.914. The Hall–Kier alpha value is -2.30. The van der Waals surface area contributed by atoms with Gasteiger partial charge in [-0.05, 0) is 0 Å². The van der Waals surface area contributed by atoms with Crippen LogP contribution in [0.3, 0.4) is 0 Å². The number of imidazole rings is 1. The summed E-state index contributed by atoms with van der Waals surface area (Å²) in [5.41, 5.74) is 0.617. The number of thiazole rings is 1. The van der Waals surface area contributed by atoms with E-state index in [1.54, 1.807) is 23.2 Å². The number of aryl methyl sites for hydroxylation is 1. The topological polar surface area (TPSA) is 80.3 Å². The summed E-state index contributed by atoms with van der Waals surface area (Å²) < 4.78 is 1.77. The van der Waals surface area contributed by atoms with E-state index in [-0.39, 0.29) is 10.7 Å². The van der Waals surface area contributed by atoms with E-state index in [2.05, 4.69) is 19.9 Å². The number of halogens is 1. The first kappa shape index (κ1) is 12.7. The Morgan fingerprint density at radius 3 is 2.75 bits per heavy atom. The Balaban J connectivity index is 2.27. The molecule has 0 atom stereocenters. The molecule has 0 radical (unpaired) electrons. The lowest BCUT2D eigenvalue weighted by atomic mass is 10.2. The van der Waals surface area contributed by atoms with Crippen molar-refractivity contribution in [3.63, 3.8) is 0 Å². The number of nitrogens with zero attached hydrogens (tertiary/aromatic N) is 6. The van der Waals surface area contributed by atoms with Crippen molar-refractivity contribution in [2.75, 3.05) is 0 Å². The van der Waals surface area contributed by atoms with Gasteiger partial charge in [-0.2, -0.15) is 5.26 Å². The van der Waals surface area contributed by atoms with E-state index in [0.717, 1.165) is 0 Å². The van der Waals surface area contributed by atoms with Crippen molar-refractivity contribution in [3.8, 4) is 28.4 Å². The van der Waals surface area contributed by atoms with Crippen molar-refractivity contribution < 1.29 is 0 Å². The molecule has 3 heterocycles. The highest BCUT2D eigenvalue weighted by Gasteiger charge is 2.19. The molecule has 0 aromatic carbocycles. The minimum Gasteiger partial charge on any atom is -0.333 e. The van der Waals surface area contributed by atoms with E-state index in [1.807, 2.05) is 18.5 Å². The van der Waals surface area contributed by atoms with Gasteiger partial charge in [-0.15, -0.1) is 11.3 Å². The van der Waals surface area contributed by atoms with Gasteiger partial charge in [-0.1, -0.05) is 11.6 Å². The lowest BCUT2D eigenvalue weighted by Crippen LogP contribution is -2.01. The summed E-state index contributed by atoms with van der Waals surface area (Å²) >= 11 is 7.49. The Morgan fingerprint density at radius 2 is 2.15 bits per heavy atom. The molecular weight excluding hydrogens is 296 g/mol. The van der Waals surface area contributed by atoms with E-state index in [0.29, 0.717) is 22.4 Å². The number of hydrogen-bond acceptors (Lipinski definition) is 6. The van der Waals surface area contributed by atoms with Crippen molar-refractivity contribution in [2.45, 2.75) is 0 Å². The number of nitriles is 1. The van der Waals surface area contributed by atoms with Crippen LogP contribution < -0.4 is 0 Å². The van der Waals surface area contributed by atoms with Crippen molar-refractivity contribution >= 4 is 22.9 Å². The van der Waals surface area contributed by atoms with Crippen molar-refractivity contribution in [2.24, 2.45) is 7.05 Å². The summed E-state index contributed by atoms with van der Waals surface area (Å²) in [6.45, 7) is 0. The van der Waals surface area contributed by atoms with Crippen LogP contribution in [-0.4, -0.2) is 24.5 Å². The maximum Gasteiger partial charge on any atom is 0.190 e. The van der Waals surface area contributed by atoms with Gasteiger partial charge in [0.25, 0.3) is 0 Å². The van der Waals surface area contributed by atoms with Gasteiger partial charge in [0.05, 0.1) is 0 Å². The highest BCUT2D eigenvalue weighted by molar-refractivity contribution is 7.13. The average Bonchev–Trinajstić information content (AvgIpc) is 3.08. The van der Waals surface area contributed by atoms with Crippen LogP contribution in [0.5, 0.6) is 0 Å². The lowest BCUT2D eigenvalue weighted by Gasteiger charge is -2.06. The van der Waals surface area contributed by atoms with Crippen LogP contribution in [0, 0.1) is 11.3 Å². The number of rotatable bonds is 2. The zero-order valence-corrected chi connectivity index (χ0v) is 11.9. The van der Waals surface area contributed by atoms with Crippen LogP contribution in [-0.2, 0) is 7.05 Å². The smallest absolute Gasteiger partial charge is 0.190 e. The SMILES string of the molecule is Cn1ccnc1-c1nc(-c2nccs2)nc(Cl)c1C#N. The van der Waals surface area contributed by atoms with Crippen molar-refractivity contribution in [1.82, 2.24) is 24.5 Å². The Bertz CT molecular complexity index is 802. The van der Waals surface area contributed by atoms with E-state index < -0.39 is 0 Å². The van der Waals surface area contributed by atoms with Gasteiger partial charge in [0.2, 0.25) is 0 Å². The first-order valence-corrected chi connectivity index (χ1v) is 6.81. The molecule has 0 N–H and O–H groups in total. The molecule has 0 amide bonds. The second-order valence-electron chi connectivity index (χ2n) is 3.87. The Kier molecular flexibility index (Phi) is 3.18. The molecule has 3 rings (SSSR count). The zero-order chi connectivity index (χ0) is 14.1. The molecule has 0 saturated heterocycles. The van der Waals surface area contributed by atoms with Gasteiger partial charge in [0.1, 0.15) is 17.3 Å². The maximum absolute atomic E-state index is 9.25. The largest absolute Gasteiger partial charge is 0.333 e. The van der Waals surface area contributed by atoms with E-state index in [9.17, 15) is 5.26 Å². The number of hydrogen-bond donors (Lipinski definition) is 0. The van der Waals surface area contributed by atoms with E-state index in [1.165, 1.54) is 11.3 Å². The third-order valence-corrected chi connectivity index (χ3v) is 3.68. The molecule has 0 fully saturated rings. The summed E-state index contributed by atoms with van der Waals surface area (Å²) in [7, 11) is 1.82. The maximum atomic E-state index is 9.25. The molecule has 0 aliphatic heterocycles. The van der Waals surface area contributed by atoms with Crippen LogP contribution in [0.15, 0.2) is 24.0 Å². The second-order valence-corrected chi connectivity index (χ2v) is 5.13. The van der Waals surface area contributed by atoms with Crippen LogP contribution >= 0.6 is 22.9 Å². The molecule has 3 aromatic rings. The minimum absolute atomic E-state index is 0.103. The summed E-state index contributed by atoms with van der Waals surface area (Å²) in [6, 6.07) is 2.02. The van der Waals surface area contributed by atoms with Gasteiger partial charge in [-0.3, -0.25) is 0 Å². The normalized spacial score (nSPS) is 10.4. The third kappa shape index (κ3) is 2.05. The van der Waals surface area contributed by atoms with Crippen LogP contribution in [0.4, 0.5) is 0 Å². The first-order valence-electron chi connectivity index (χ1n) is 5.56. The summed E-state index contributed by atoms with van der Waals surface area (Å²) in [6.07, 6.45) is 5.07. The predicted octanol–water partition coefficient (Wildman–Crippen LogP) is 2.53. The molecule has 98 valence electrons. The number of aromatic nitrogens is 5. The average molecular weight is 303 g/mol. The van der Waals surface area contributed by atoms with Crippen LogP contribution in [0.1, 0.15) is 5.56 Å². The molecule has 0 spiro atoms. The molecule has 8 heteroatoms. The van der Waals surface area contributed by atoms with E-state index in [4.69, 9.17) is 11.6 Å². The molecule has 3 aromatic heterocycles. The molecule has 20 heavy (non-hydrogen) atoms. The highest BCUT2D eigenvalue weighted by atomic mass is 35.5. The fraction of sp³-hybridized carbons (Fsp3) is 0.0833. The van der Waals surface area contributed by atoms with Gasteiger partial charge in [0, 0.05) is 31.0 Å². The molecule has 0 unspecified atom stereocenters. The van der Waals surface area contributed by atoms with Crippen LogP contribution in [0.25, 0.3) is 22.4 Å². The van der Waals surface area contributed by atoms with Crippen LogP contribution in [0.2, 0.25) is 5.15 Å². The summed E-state index contributed by atoms with van der Waals surface area (Å²) in [5, 5.41) is 11.8. The monoisotopic (exact) mass is 302 g/mol. The first-order chi connectivity index (χ1) is 9.70. The summed E-state index contributed by atoms with van der Waals surface area (Å²) in [5.74, 6) is 0.950. The predicted molar refractivity (Wildman–Crippen MR) is 75.1 cm³/mol. The Morgan fingerprint density at radius 1 is 1.30 bits per heavy atom. The second kappa shape index (κ2) is 5.00. The molecule has 6 nitrogen and oxygen atoms in total. The quantitative estimate of drug-likeness (QED) is 0.679. The minimum atomic E-state index is 0.103. The van der Waals surface area contributed by atoms with Gasteiger partial charge in [0.15, 0.2) is 21.8 Å². The van der Waals surface area contributed by atoms with Crippen molar-refractivity contribution in [3.05, 3.63) is 34.7 Å². The van der Waals surface area contributed by atoms with E-state index >= 15 is 0 Å². The fourth-order valence-corrected chi connectivity index (χ4v) is 2.50. The van der Waals surface area contributed by atoms with Gasteiger partial charge < -0.3 is 4.57 Å². The zero-order valence-electron chi connectivity index (χ0n) is 10.3. The molecular formula is C12H7ClN6S. The molecule has 0 aliphatic rings. The standard InChI is InChI=1S/C12H7ClN6S/c1-19-4-2-15-11(19)8-7(6-14)9(13)18-10(17-8)12-16-3-5-20-12/h2-5H,1H3. The molecule has 0 aliphatic carbocycles. The van der Waals surface area contributed by atoms with Gasteiger partial charge >= 0.3 is 0 Å². The fourth-order valence-electron chi connectivity index (χ4n) is 1.72. The van der Waals surface area contributed by atoms with Crippen molar-refractivity contribution in [1.29, 1.82) is 5.26 Å². The third-order valence-electron chi connectivity index (χ3n) is 2.63.